The van der Waals surface area contributed by atoms with E-state index in [1.807, 2.05) is 4.68 Å². The van der Waals surface area contributed by atoms with Crippen LogP contribution in [0.4, 0.5) is 0 Å². The molecule has 1 amide bonds. The number of aromatic nitrogens is 3. The van der Waals surface area contributed by atoms with Crippen molar-refractivity contribution in [1.82, 2.24) is 30.3 Å². The number of likely N-dealkylation sites (N-methyl/N-ethyl adjacent to an activating group) is 1. The van der Waals surface area contributed by atoms with Crippen LogP contribution in [0.3, 0.4) is 0 Å². The van der Waals surface area contributed by atoms with E-state index in [9.17, 15) is 4.79 Å². The zero-order valence-electron chi connectivity index (χ0n) is 13.1. The van der Waals surface area contributed by atoms with Gasteiger partial charge in [-0.2, -0.15) is 5.10 Å². The largest absolute Gasteiger partial charge is 0.353 e. The van der Waals surface area contributed by atoms with Gasteiger partial charge in [0, 0.05) is 33.1 Å². The van der Waals surface area contributed by atoms with E-state index in [1.165, 1.54) is 4.90 Å². The number of fused-ring (bicyclic) bond motifs is 1. The minimum Gasteiger partial charge on any atom is -0.353 e. The van der Waals surface area contributed by atoms with E-state index < -0.39 is 0 Å². The van der Waals surface area contributed by atoms with Crippen LogP contribution in [0, 0.1) is 0 Å². The fourth-order valence-corrected chi connectivity index (χ4v) is 2.16. The van der Waals surface area contributed by atoms with Crippen molar-refractivity contribution < 1.29 is 4.79 Å². The van der Waals surface area contributed by atoms with Crippen LogP contribution < -0.4 is 10.6 Å². The Balaban J connectivity index is 1.96. The van der Waals surface area contributed by atoms with Crippen molar-refractivity contribution in [2.24, 2.45) is 4.99 Å². The molecular weight excluding hydrogens is 282 g/mol. The van der Waals surface area contributed by atoms with Crippen LogP contribution >= 0.6 is 0 Å². The molecule has 1 unspecified atom stereocenters. The molecule has 8 heteroatoms. The van der Waals surface area contributed by atoms with E-state index in [2.05, 4.69) is 32.3 Å². The third-order valence-corrected chi connectivity index (χ3v) is 3.43. The highest BCUT2D eigenvalue weighted by atomic mass is 16.2. The lowest BCUT2D eigenvalue weighted by Gasteiger charge is -2.25. The molecule has 1 aromatic heterocycles. The van der Waals surface area contributed by atoms with Crippen molar-refractivity contribution in [3.05, 3.63) is 24.8 Å². The first-order chi connectivity index (χ1) is 10.6. The number of carbonyl (C=O) groups is 1. The number of nitrogens with zero attached hydrogens (tertiary/aromatic N) is 5. The maximum Gasteiger partial charge on any atom is 0.243 e. The van der Waals surface area contributed by atoms with Crippen LogP contribution in [0.5, 0.6) is 0 Å². The summed E-state index contributed by atoms with van der Waals surface area (Å²) in [4.78, 5) is 21.7. The Kier molecular flexibility index (Phi) is 5.51. The summed E-state index contributed by atoms with van der Waals surface area (Å²) in [5, 5.41) is 10.7. The molecule has 2 heterocycles. The van der Waals surface area contributed by atoms with Crippen LogP contribution in [0.15, 0.2) is 24.0 Å². The second kappa shape index (κ2) is 7.58. The van der Waals surface area contributed by atoms with E-state index >= 15 is 0 Å². The Morgan fingerprint density at radius 1 is 1.64 bits per heavy atom. The molecule has 8 nitrogen and oxygen atoms in total. The van der Waals surface area contributed by atoms with Gasteiger partial charge < -0.3 is 15.5 Å². The third kappa shape index (κ3) is 4.31. The first-order valence-electron chi connectivity index (χ1n) is 7.32. The molecular formula is C14H23N7O. The Labute approximate surface area is 130 Å². The molecule has 22 heavy (non-hydrogen) atoms. The highest BCUT2D eigenvalue weighted by Crippen LogP contribution is 2.11. The van der Waals surface area contributed by atoms with Crippen molar-refractivity contribution in [2.75, 3.05) is 27.2 Å². The SMILES string of the molecule is C=CCNC(=NCC(=O)N(C)C)NC1CCc2ncnn2C1. The Morgan fingerprint density at radius 3 is 3.18 bits per heavy atom. The van der Waals surface area contributed by atoms with E-state index in [0.29, 0.717) is 12.5 Å². The van der Waals surface area contributed by atoms with Gasteiger partial charge in [0.05, 0.1) is 6.54 Å². The number of rotatable bonds is 5. The number of hydrogen-bond acceptors (Lipinski definition) is 4. The molecule has 1 aromatic rings. The number of aliphatic imine (C=N–C) groups is 1. The number of carbonyl (C=O) groups excluding carboxylic acids is 1. The second-order valence-corrected chi connectivity index (χ2v) is 5.36. The smallest absolute Gasteiger partial charge is 0.243 e. The third-order valence-electron chi connectivity index (χ3n) is 3.43. The Bertz CT molecular complexity index is 549. The molecule has 0 saturated heterocycles. The van der Waals surface area contributed by atoms with E-state index in [4.69, 9.17) is 0 Å². The number of amides is 1. The lowest BCUT2D eigenvalue weighted by atomic mass is 10.1. The van der Waals surface area contributed by atoms with Gasteiger partial charge in [0.1, 0.15) is 18.7 Å². The van der Waals surface area contributed by atoms with Gasteiger partial charge in [-0.15, -0.1) is 6.58 Å². The summed E-state index contributed by atoms with van der Waals surface area (Å²) < 4.78 is 1.90. The normalized spacial score (nSPS) is 17.5. The molecule has 0 spiro atoms. The van der Waals surface area contributed by atoms with Gasteiger partial charge in [0.2, 0.25) is 5.91 Å². The quantitative estimate of drug-likeness (QED) is 0.431. The molecule has 0 aromatic carbocycles. The van der Waals surface area contributed by atoms with Crippen LogP contribution in [0.2, 0.25) is 0 Å². The summed E-state index contributed by atoms with van der Waals surface area (Å²) >= 11 is 0. The van der Waals surface area contributed by atoms with Gasteiger partial charge in [-0.1, -0.05) is 6.08 Å². The highest BCUT2D eigenvalue weighted by Gasteiger charge is 2.20. The molecule has 1 aliphatic heterocycles. The number of hydrogen-bond donors (Lipinski definition) is 2. The summed E-state index contributed by atoms with van der Waals surface area (Å²) in [6, 6.07) is 0.208. The zero-order valence-corrected chi connectivity index (χ0v) is 13.1. The number of nitrogens with one attached hydrogen (secondary N) is 2. The van der Waals surface area contributed by atoms with Gasteiger partial charge in [-0.05, 0) is 6.42 Å². The summed E-state index contributed by atoms with van der Waals surface area (Å²) in [7, 11) is 3.44. The van der Waals surface area contributed by atoms with Gasteiger partial charge in [-0.25, -0.2) is 14.7 Å². The van der Waals surface area contributed by atoms with Crippen LogP contribution in [-0.2, 0) is 17.8 Å². The van der Waals surface area contributed by atoms with Gasteiger partial charge in [0.15, 0.2) is 5.96 Å². The average molecular weight is 305 g/mol. The lowest BCUT2D eigenvalue weighted by molar-refractivity contribution is -0.127. The minimum atomic E-state index is -0.0399. The van der Waals surface area contributed by atoms with E-state index in [-0.39, 0.29) is 18.5 Å². The van der Waals surface area contributed by atoms with Crippen molar-refractivity contribution in [3.63, 3.8) is 0 Å². The molecule has 2 N–H and O–H groups in total. The predicted molar refractivity (Wildman–Crippen MR) is 84.5 cm³/mol. The minimum absolute atomic E-state index is 0.0399. The highest BCUT2D eigenvalue weighted by molar-refractivity contribution is 5.85. The van der Waals surface area contributed by atoms with Crippen molar-refractivity contribution in [2.45, 2.75) is 25.4 Å². The van der Waals surface area contributed by atoms with Crippen molar-refractivity contribution in [3.8, 4) is 0 Å². The van der Waals surface area contributed by atoms with Gasteiger partial charge in [0.25, 0.3) is 0 Å². The number of aryl methyl sites for hydroxylation is 1. The second-order valence-electron chi connectivity index (χ2n) is 5.36. The molecule has 120 valence electrons. The molecule has 0 saturated carbocycles. The zero-order chi connectivity index (χ0) is 15.9. The van der Waals surface area contributed by atoms with E-state index in [1.54, 1.807) is 26.5 Å². The summed E-state index contributed by atoms with van der Waals surface area (Å²) in [6.07, 6.45) is 5.16. The summed E-state index contributed by atoms with van der Waals surface area (Å²) in [5.41, 5.74) is 0. The van der Waals surface area contributed by atoms with Gasteiger partial charge in [-0.3, -0.25) is 4.79 Å². The first kappa shape index (κ1) is 16.0. The molecule has 0 aliphatic carbocycles. The van der Waals surface area contributed by atoms with Crippen LogP contribution in [0.1, 0.15) is 12.2 Å². The molecule has 0 fully saturated rings. The summed E-state index contributed by atoms with van der Waals surface area (Å²) in [5.74, 6) is 1.59. The monoisotopic (exact) mass is 305 g/mol. The maximum atomic E-state index is 11.7. The first-order valence-corrected chi connectivity index (χ1v) is 7.32. The predicted octanol–water partition coefficient (Wildman–Crippen LogP) is -0.598. The van der Waals surface area contributed by atoms with Gasteiger partial charge >= 0.3 is 0 Å². The molecule has 1 aliphatic rings. The average Bonchev–Trinajstić information content (AvgIpc) is 2.97. The van der Waals surface area contributed by atoms with Crippen molar-refractivity contribution in [1.29, 1.82) is 0 Å². The fraction of sp³-hybridized carbons (Fsp3) is 0.571. The lowest BCUT2D eigenvalue weighted by Crippen LogP contribution is -2.47. The topological polar surface area (TPSA) is 87.4 Å². The Morgan fingerprint density at radius 2 is 2.45 bits per heavy atom. The van der Waals surface area contributed by atoms with Crippen LogP contribution in [0.25, 0.3) is 0 Å². The van der Waals surface area contributed by atoms with Crippen molar-refractivity contribution >= 4 is 11.9 Å². The molecule has 0 bridgehead atoms. The maximum absolute atomic E-state index is 11.7. The molecule has 2 rings (SSSR count). The summed E-state index contributed by atoms with van der Waals surface area (Å²) in [6.45, 7) is 5.12. The standard InChI is InChI=1S/C14H23N7O/c1-4-7-15-14(16-8-13(22)20(2)3)19-11-5-6-12-17-10-18-21(12)9-11/h4,10-11H,1,5-9H2,2-3H3,(H2,15,16,19). The Hall–Kier alpha value is -2.38. The fourth-order valence-electron chi connectivity index (χ4n) is 2.16. The molecule has 0 radical (unpaired) electrons. The van der Waals surface area contributed by atoms with E-state index in [0.717, 1.165) is 25.2 Å². The molecule has 1 atom stereocenters. The number of guanidine groups is 1. The van der Waals surface area contributed by atoms with Crippen LogP contribution in [-0.4, -0.2) is 64.8 Å².